The quantitative estimate of drug-likeness (QED) is 0.613. The van der Waals surface area contributed by atoms with Crippen molar-refractivity contribution in [1.82, 2.24) is 19.7 Å². The highest BCUT2D eigenvalue weighted by atomic mass is 32.1. The van der Waals surface area contributed by atoms with Gasteiger partial charge in [-0.3, -0.25) is 14.2 Å². The number of nitrogens with zero attached hydrogens (tertiary/aromatic N) is 4. The second-order valence-electron chi connectivity index (χ2n) is 4.75. The van der Waals surface area contributed by atoms with Crippen molar-refractivity contribution in [2.45, 2.75) is 6.54 Å². The molecular weight excluding hydrogens is 318 g/mol. The Morgan fingerprint density at radius 2 is 2.26 bits per heavy atom. The summed E-state index contributed by atoms with van der Waals surface area (Å²) in [6.07, 6.45) is 4.38. The molecular formula is C14H9N5O3S. The fraction of sp³-hybridized carbons (Fsp3) is 0.0714. The molecule has 4 heterocycles. The Kier molecular flexibility index (Phi) is 3.12. The van der Waals surface area contributed by atoms with Crippen LogP contribution in [-0.4, -0.2) is 25.6 Å². The number of carbonyl (C=O) groups excluding carboxylic acids is 1. The number of pyridine rings is 1. The number of hydrogen-bond acceptors (Lipinski definition) is 7. The monoisotopic (exact) mass is 327 g/mol. The van der Waals surface area contributed by atoms with Crippen LogP contribution in [0.3, 0.4) is 0 Å². The minimum absolute atomic E-state index is 0.156. The third-order valence-corrected chi connectivity index (χ3v) is 4.33. The van der Waals surface area contributed by atoms with Gasteiger partial charge < -0.3 is 9.84 Å². The summed E-state index contributed by atoms with van der Waals surface area (Å²) in [4.78, 5) is 33.8. The summed E-state index contributed by atoms with van der Waals surface area (Å²) in [5.74, 6) is -0.0930. The summed E-state index contributed by atoms with van der Waals surface area (Å²) < 4.78 is 6.37. The highest BCUT2D eigenvalue weighted by Crippen LogP contribution is 2.27. The standard InChI is InChI=1S/C14H9N5O3S/c20-10(17-9-3-5-22-18-9)6-19-7-16-11-8-2-1-4-15-13(8)23-12(11)14(19)21/h1-5,7H,6H2,(H,17,18,20). The number of thiophene rings is 1. The number of hydrogen-bond donors (Lipinski definition) is 1. The molecule has 8 nitrogen and oxygen atoms in total. The van der Waals surface area contributed by atoms with E-state index in [1.54, 1.807) is 12.3 Å². The lowest BCUT2D eigenvalue weighted by molar-refractivity contribution is -0.116. The summed E-state index contributed by atoms with van der Waals surface area (Å²) in [6.45, 7) is -0.156. The molecule has 0 radical (unpaired) electrons. The van der Waals surface area contributed by atoms with Crippen LogP contribution in [-0.2, 0) is 11.3 Å². The van der Waals surface area contributed by atoms with Crippen molar-refractivity contribution in [1.29, 1.82) is 0 Å². The molecule has 1 amide bonds. The van der Waals surface area contributed by atoms with Crippen LogP contribution >= 0.6 is 11.3 Å². The molecule has 0 unspecified atom stereocenters. The van der Waals surface area contributed by atoms with E-state index < -0.39 is 0 Å². The maximum Gasteiger partial charge on any atom is 0.271 e. The van der Waals surface area contributed by atoms with Gasteiger partial charge in [0.15, 0.2) is 5.82 Å². The number of carbonyl (C=O) groups is 1. The van der Waals surface area contributed by atoms with Gasteiger partial charge in [0.2, 0.25) is 5.91 Å². The van der Waals surface area contributed by atoms with Crippen LogP contribution in [0.1, 0.15) is 0 Å². The number of nitrogens with one attached hydrogen (secondary N) is 1. The molecule has 4 rings (SSSR count). The number of amides is 1. The van der Waals surface area contributed by atoms with Gasteiger partial charge in [0.25, 0.3) is 5.56 Å². The Morgan fingerprint density at radius 3 is 3.09 bits per heavy atom. The van der Waals surface area contributed by atoms with Gasteiger partial charge in [0, 0.05) is 17.6 Å². The molecule has 4 aromatic heterocycles. The molecule has 0 spiro atoms. The van der Waals surface area contributed by atoms with Gasteiger partial charge >= 0.3 is 0 Å². The van der Waals surface area contributed by atoms with Crippen molar-refractivity contribution in [2.24, 2.45) is 0 Å². The highest BCUT2D eigenvalue weighted by molar-refractivity contribution is 7.25. The maximum absolute atomic E-state index is 12.5. The lowest BCUT2D eigenvalue weighted by Gasteiger charge is -2.04. The lowest BCUT2D eigenvalue weighted by atomic mass is 10.3. The largest absolute Gasteiger partial charge is 0.363 e. The van der Waals surface area contributed by atoms with E-state index >= 15 is 0 Å². The maximum atomic E-state index is 12.5. The summed E-state index contributed by atoms with van der Waals surface area (Å²) in [5, 5.41) is 6.95. The number of rotatable bonds is 3. The fourth-order valence-electron chi connectivity index (χ4n) is 2.23. The van der Waals surface area contributed by atoms with E-state index in [4.69, 9.17) is 0 Å². The van der Waals surface area contributed by atoms with Crippen molar-refractivity contribution in [3.63, 3.8) is 0 Å². The molecule has 0 aromatic carbocycles. The van der Waals surface area contributed by atoms with Crippen LogP contribution in [0.2, 0.25) is 0 Å². The Balaban J connectivity index is 1.70. The average Bonchev–Trinajstić information content (AvgIpc) is 3.17. The molecule has 114 valence electrons. The molecule has 4 aromatic rings. The second kappa shape index (κ2) is 5.29. The smallest absolute Gasteiger partial charge is 0.271 e. The molecule has 0 bridgehead atoms. The second-order valence-corrected chi connectivity index (χ2v) is 5.75. The van der Waals surface area contributed by atoms with Crippen molar-refractivity contribution < 1.29 is 9.32 Å². The third-order valence-electron chi connectivity index (χ3n) is 3.24. The van der Waals surface area contributed by atoms with E-state index in [0.29, 0.717) is 16.0 Å². The van der Waals surface area contributed by atoms with E-state index in [9.17, 15) is 9.59 Å². The number of anilines is 1. The Labute approximate surface area is 132 Å². The van der Waals surface area contributed by atoms with Crippen LogP contribution in [0, 0.1) is 0 Å². The summed E-state index contributed by atoms with van der Waals surface area (Å²) >= 11 is 1.27. The van der Waals surface area contributed by atoms with Crippen molar-refractivity contribution in [3.05, 3.63) is 47.3 Å². The first kappa shape index (κ1) is 13.6. The molecule has 0 aliphatic heterocycles. The van der Waals surface area contributed by atoms with Crippen LogP contribution in [0.4, 0.5) is 5.82 Å². The SMILES string of the molecule is O=C(Cn1cnc2c(sc3ncccc32)c1=O)Nc1ccon1. The van der Waals surface area contributed by atoms with E-state index in [1.165, 1.54) is 34.6 Å². The zero-order valence-electron chi connectivity index (χ0n) is 11.6. The van der Waals surface area contributed by atoms with Crippen molar-refractivity contribution in [3.8, 4) is 0 Å². The molecule has 0 aliphatic carbocycles. The van der Waals surface area contributed by atoms with Gasteiger partial charge in [0.1, 0.15) is 22.3 Å². The van der Waals surface area contributed by atoms with Crippen LogP contribution in [0.5, 0.6) is 0 Å². The topological polar surface area (TPSA) is 103 Å². The average molecular weight is 327 g/mol. The Bertz CT molecular complexity index is 1070. The third kappa shape index (κ3) is 2.36. The number of aromatic nitrogens is 4. The Hall–Kier alpha value is -3.07. The van der Waals surface area contributed by atoms with Crippen LogP contribution in [0.25, 0.3) is 20.4 Å². The highest BCUT2D eigenvalue weighted by Gasteiger charge is 2.14. The molecule has 23 heavy (non-hydrogen) atoms. The zero-order valence-corrected chi connectivity index (χ0v) is 12.4. The van der Waals surface area contributed by atoms with E-state index in [-0.39, 0.29) is 18.0 Å². The minimum Gasteiger partial charge on any atom is -0.363 e. The van der Waals surface area contributed by atoms with E-state index in [0.717, 1.165) is 10.2 Å². The van der Waals surface area contributed by atoms with E-state index in [1.807, 2.05) is 6.07 Å². The van der Waals surface area contributed by atoms with Gasteiger partial charge in [0.05, 0.1) is 11.8 Å². The minimum atomic E-state index is -0.388. The van der Waals surface area contributed by atoms with Gasteiger partial charge in [-0.1, -0.05) is 5.16 Å². The van der Waals surface area contributed by atoms with Gasteiger partial charge in [-0.2, -0.15) is 0 Å². The first-order valence-corrected chi connectivity index (χ1v) is 7.47. The summed E-state index contributed by atoms with van der Waals surface area (Å²) in [7, 11) is 0. The molecule has 0 aliphatic rings. The molecule has 9 heteroatoms. The fourth-order valence-corrected chi connectivity index (χ4v) is 3.28. The summed E-state index contributed by atoms with van der Waals surface area (Å²) in [5.41, 5.74) is 0.338. The lowest BCUT2D eigenvalue weighted by Crippen LogP contribution is -2.27. The zero-order chi connectivity index (χ0) is 15.8. The Morgan fingerprint density at radius 1 is 1.35 bits per heavy atom. The van der Waals surface area contributed by atoms with Gasteiger partial charge in [-0.05, 0) is 12.1 Å². The first-order valence-electron chi connectivity index (χ1n) is 6.65. The number of fused-ring (bicyclic) bond motifs is 3. The van der Waals surface area contributed by atoms with Gasteiger partial charge in [-0.25, -0.2) is 9.97 Å². The molecule has 0 fully saturated rings. The predicted molar refractivity (Wildman–Crippen MR) is 84.3 cm³/mol. The van der Waals surface area contributed by atoms with Crippen LogP contribution in [0.15, 0.2) is 46.3 Å². The summed E-state index contributed by atoms with van der Waals surface area (Å²) in [6, 6.07) is 5.18. The first-order chi connectivity index (χ1) is 11.2. The van der Waals surface area contributed by atoms with Crippen molar-refractivity contribution >= 4 is 43.5 Å². The molecule has 0 saturated heterocycles. The van der Waals surface area contributed by atoms with Crippen molar-refractivity contribution in [2.75, 3.05) is 5.32 Å². The van der Waals surface area contributed by atoms with Gasteiger partial charge in [-0.15, -0.1) is 11.3 Å². The normalized spacial score (nSPS) is 11.1. The molecule has 1 N–H and O–H groups in total. The predicted octanol–water partition coefficient (Wildman–Crippen LogP) is 1.63. The van der Waals surface area contributed by atoms with Crippen LogP contribution < -0.4 is 10.9 Å². The van der Waals surface area contributed by atoms with E-state index in [2.05, 4.69) is 25.0 Å². The molecule has 0 saturated carbocycles. The molecule has 0 atom stereocenters.